The van der Waals surface area contributed by atoms with Gasteiger partial charge in [-0.15, -0.1) is 0 Å². The van der Waals surface area contributed by atoms with Crippen LogP contribution in [-0.2, 0) is 11.3 Å². The summed E-state index contributed by atoms with van der Waals surface area (Å²) >= 11 is 6.98. The molecule has 1 aromatic rings. The van der Waals surface area contributed by atoms with Gasteiger partial charge in [-0.2, -0.15) is 0 Å². The monoisotopic (exact) mass is 378 g/mol. The summed E-state index contributed by atoms with van der Waals surface area (Å²) in [4.78, 5) is 4.09. The lowest BCUT2D eigenvalue weighted by atomic mass is 9.91. The second-order valence-corrected chi connectivity index (χ2v) is 6.19. The van der Waals surface area contributed by atoms with Gasteiger partial charge in [0.25, 0.3) is 0 Å². The minimum atomic E-state index is -0.222. The molecule has 1 saturated heterocycles. The van der Waals surface area contributed by atoms with Crippen molar-refractivity contribution in [2.24, 2.45) is 0 Å². The highest BCUT2D eigenvalue weighted by atomic mass is 79.9. The average Bonchev–Trinajstić information content (AvgIpc) is 2.39. The first kappa shape index (κ1) is 14.4. The lowest BCUT2D eigenvalue weighted by Crippen LogP contribution is -2.51. The van der Waals surface area contributed by atoms with E-state index in [0.29, 0.717) is 19.8 Å². The molecule has 1 aromatic heterocycles. The fourth-order valence-corrected chi connectivity index (χ4v) is 3.25. The second-order valence-electron chi connectivity index (χ2n) is 4.49. The first-order chi connectivity index (χ1) is 8.67. The first-order valence-electron chi connectivity index (χ1n) is 5.88. The number of aromatic nitrogens is 1. The molecular weight excluding hydrogens is 364 g/mol. The lowest BCUT2D eigenvalue weighted by molar-refractivity contribution is 0.0111. The van der Waals surface area contributed by atoms with E-state index >= 15 is 0 Å². The summed E-state index contributed by atoms with van der Waals surface area (Å²) in [6.07, 6.45) is 5.22. The van der Waals surface area contributed by atoms with Crippen LogP contribution < -0.4 is 5.32 Å². The molecule has 6 heteroatoms. The molecule has 18 heavy (non-hydrogen) atoms. The molecule has 1 fully saturated rings. The molecule has 0 aliphatic carbocycles. The Morgan fingerprint density at radius 2 is 1.89 bits per heavy atom. The van der Waals surface area contributed by atoms with Gasteiger partial charge in [0, 0.05) is 46.6 Å². The minimum Gasteiger partial charge on any atom is -0.394 e. The van der Waals surface area contributed by atoms with E-state index < -0.39 is 0 Å². The van der Waals surface area contributed by atoms with Crippen LogP contribution in [0.2, 0.25) is 0 Å². The van der Waals surface area contributed by atoms with Gasteiger partial charge in [0.2, 0.25) is 0 Å². The summed E-state index contributed by atoms with van der Waals surface area (Å²) < 4.78 is 7.27. The maximum Gasteiger partial charge on any atom is 0.0615 e. The Hall–Kier alpha value is -0.0100. The molecule has 100 valence electrons. The molecule has 0 saturated carbocycles. The predicted molar refractivity (Wildman–Crippen MR) is 76.3 cm³/mol. The Kier molecular flexibility index (Phi) is 5.14. The molecule has 1 aliphatic heterocycles. The fourth-order valence-electron chi connectivity index (χ4n) is 2.04. The smallest absolute Gasteiger partial charge is 0.0615 e. The zero-order valence-electron chi connectivity index (χ0n) is 9.96. The number of pyridine rings is 1. The quantitative estimate of drug-likeness (QED) is 0.842. The van der Waals surface area contributed by atoms with Crippen LogP contribution >= 0.6 is 31.9 Å². The van der Waals surface area contributed by atoms with Gasteiger partial charge in [0.15, 0.2) is 0 Å². The number of aliphatic hydroxyl groups excluding tert-OH is 1. The molecule has 0 atom stereocenters. The van der Waals surface area contributed by atoms with Gasteiger partial charge in [0.05, 0.1) is 6.61 Å². The van der Waals surface area contributed by atoms with E-state index in [0.717, 1.165) is 27.4 Å². The maximum absolute atomic E-state index is 9.60. The van der Waals surface area contributed by atoms with Crippen LogP contribution in [-0.4, -0.2) is 35.5 Å². The van der Waals surface area contributed by atoms with Crippen LogP contribution in [0.1, 0.15) is 18.4 Å². The summed E-state index contributed by atoms with van der Waals surface area (Å²) in [7, 11) is 0. The molecule has 2 rings (SSSR count). The number of hydrogen-bond acceptors (Lipinski definition) is 4. The van der Waals surface area contributed by atoms with E-state index in [1.54, 1.807) is 12.4 Å². The number of ether oxygens (including phenoxy) is 1. The maximum atomic E-state index is 9.60. The average molecular weight is 380 g/mol. The number of halogens is 2. The molecule has 0 unspecified atom stereocenters. The zero-order valence-corrected chi connectivity index (χ0v) is 13.1. The van der Waals surface area contributed by atoms with Crippen molar-refractivity contribution in [2.75, 3.05) is 19.8 Å². The van der Waals surface area contributed by atoms with Crippen molar-refractivity contribution in [1.29, 1.82) is 0 Å². The largest absolute Gasteiger partial charge is 0.394 e. The second kappa shape index (κ2) is 6.43. The highest BCUT2D eigenvalue weighted by molar-refractivity contribution is 9.11. The Labute approximate surface area is 123 Å². The Bertz CT molecular complexity index is 389. The van der Waals surface area contributed by atoms with Crippen LogP contribution in [0.3, 0.4) is 0 Å². The Morgan fingerprint density at radius 3 is 2.44 bits per heavy atom. The number of hydrogen-bond donors (Lipinski definition) is 2. The minimum absolute atomic E-state index is 0.136. The van der Waals surface area contributed by atoms with Crippen molar-refractivity contribution in [3.05, 3.63) is 26.9 Å². The standard InChI is InChI=1S/C12H16Br2N2O2/c13-10-6-15-7-11(14)9(10)5-16-12(8-17)1-3-18-4-2-12/h6-7,16-17H,1-5,8H2. The van der Waals surface area contributed by atoms with Crippen molar-refractivity contribution >= 4 is 31.9 Å². The van der Waals surface area contributed by atoms with E-state index in [2.05, 4.69) is 42.2 Å². The van der Waals surface area contributed by atoms with Crippen molar-refractivity contribution < 1.29 is 9.84 Å². The van der Waals surface area contributed by atoms with Crippen LogP contribution in [0, 0.1) is 0 Å². The first-order valence-corrected chi connectivity index (χ1v) is 7.47. The summed E-state index contributed by atoms with van der Waals surface area (Å²) in [5.41, 5.74) is 0.893. The normalized spacial score (nSPS) is 18.8. The van der Waals surface area contributed by atoms with Crippen LogP contribution in [0.4, 0.5) is 0 Å². The fraction of sp³-hybridized carbons (Fsp3) is 0.583. The van der Waals surface area contributed by atoms with Crippen LogP contribution in [0.25, 0.3) is 0 Å². The highest BCUT2D eigenvalue weighted by Crippen LogP contribution is 2.26. The van der Waals surface area contributed by atoms with Crippen LogP contribution in [0.5, 0.6) is 0 Å². The van der Waals surface area contributed by atoms with Crippen molar-refractivity contribution in [3.63, 3.8) is 0 Å². The van der Waals surface area contributed by atoms with Gasteiger partial charge >= 0.3 is 0 Å². The van der Waals surface area contributed by atoms with Crippen LogP contribution in [0.15, 0.2) is 21.3 Å². The number of nitrogens with one attached hydrogen (secondary N) is 1. The molecule has 2 heterocycles. The lowest BCUT2D eigenvalue weighted by Gasteiger charge is -2.36. The van der Waals surface area contributed by atoms with Gasteiger partial charge in [-0.05, 0) is 50.3 Å². The molecule has 0 amide bonds. The molecule has 0 aromatic carbocycles. The van der Waals surface area contributed by atoms with Crippen molar-refractivity contribution in [1.82, 2.24) is 10.3 Å². The number of nitrogens with zero attached hydrogens (tertiary/aromatic N) is 1. The zero-order chi connectivity index (χ0) is 13.0. The van der Waals surface area contributed by atoms with Gasteiger partial charge in [-0.1, -0.05) is 0 Å². The number of aliphatic hydroxyl groups is 1. The molecule has 0 bridgehead atoms. The number of rotatable bonds is 4. The molecular formula is C12H16Br2N2O2. The molecule has 4 nitrogen and oxygen atoms in total. The summed E-state index contributed by atoms with van der Waals surface area (Å²) in [5.74, 6) is 0. The molecule has 0 spiro atoms. The van der Waals surface area contributed by atoms with Gasteiger partial charge in [-0.25, -0.2) is 0 Å². The summed E-state index contributed by atoms with van der Waals surface area (Å²) in [5, 5.41) is 13.1. The Balaban J connectivity index is 2.05. The van der Waals surface area contributed by atoms with Crippen molar-refractivity contribution in [3.8, 4) is 0 Å². The molecule has 1 aliphatic rings. The molecule has 0 radical (unpaired) electrons. The van der Waals surface area contributed by atoms with E-state index in [1.807, 2.05) is 0 Å². The molecule has 2 N–H and O–H groups in total. The summed E-state index contributed by atoms with van der Waals surface area (Å²) in [6, 6.07) is 0. The van der Waals surface area contributed by atoms with E-state index in [4.69, 9.17) is 4.74 Å². The van der Waals surface area contributed by atoms with Gasteiger partial charge in [0.1, 0.15) is 0 Å². The predicted octanol–water partition coefficient (Wildman–Crippen LogP) is 2.24. The topological polar surface area (TPSA) is 54.4 Å². The SMILES string of the molecule is OCC1(NCc2c(Br)cncc2Br)CCOCC1. The van der Waals surface area contributed by atoms with E-state index in [1.165, 1.54) is 0 Å². The van der Waals surface area contributed by atoms with Gasteiger partial charge in [-0.3, -0.25) is 4.98 Å². The third-order valence-corrected chi connectivity index (χ3v) is 4.71. The van der Waals surface area contributed by atoms with E-state index in [9.17, 15) is 5.11 Å². The highest BCUT2D eigenvalue weighted by Gasteiger charge is 2.31. The third kappa shape index (κ3) is 3.30. The third-order valence-electron chi connectivity index (χ3n) is 3.35. The van der Waals surface area contributed by atoms with E-state index in [-0.39, 0.29) is 12.1 Å². The Morgan fingerprint density at radius 1 is 1.28 bits per heavy atom. The van der Waals surface area contributed by atoms with Crippen molar-refractivity contribution in [2.45, 2.75) is 24.9 Å². The van der Waals surface area contributed by atoms with Gasteiger partial charge < -0.3 is 15.2 Å². The summed E-state index contributed by atoms with van der Waals surface area (Å²) in [6.45, 7) is 2.22.